The van der Waals surface area contributed by atoms with Crippen molar-refractivity contribution < 1.29 is 22.9 Å². The molecular weight excluding hydrogens is 484 g/mol. The van der Waals surface area contributed by atoms with E-state index in [1.165, 1.54) is 18.2 Å². The number of nitro groups is 1. The molecule has 3 fully saturated rings. The van der Waals surface area contributed by atoms with Crippen LogP contribution in [0.5, 0.6) is 0 Å². The van der Waals surface area contributed by atoms with Gasteiger partial charge in [-0.25, -0.2) is 8.42 Å². The zero-order valence-electron chi connectivity index (χ0n) is 20.7. The van der Waals surface area contributed by atoms with E-state index in [1.807, 2.05) is 6.92 Å². The Morgan fingerprint density at radius 1 is 1.11 bits per heavy atom. The number of amides is 2. The molecule has 0 aliphatic heterocycles. The van der Waals surface area contributed by atoms with E-state index in [0.29, 0.717) is 38.5 Å². The predicted molar refractivity (Wildman–Crippen MR) is 133 cm³/mol. The second-order valence-electron chi connectivity index (χ2n) is 10.8. The second-order valence-corrected chi connectivity index (χ2v) is 12.5. The van der Waals surface area contributed by atoms with Crippen molar-refractivity contribution >= 4 is 27.5 Å². The minimum absolute atomic E-state index is 0.0629. The summed E-state index contributed by atoms with van der Waals surface area (Å²) in [5, 5.41) is 14.7. The third-order valence-corrected chi connectivity index (χ3v) is 10.3. The molecule has 0 saturated heterocycles. The Morgan fingerprint density at radius 3 is 2.44 bits per heavy atom. The second kappa shape index (κ2) is 10.1. The van der Waals surface area contributed by atoms with E-state index in [0.717, 1.165) is 38.2 Å². The van der Waals surface area contributed by atoms with E-state index in [1.54, 1.807) is 0 Å². The molecule has 2 bridgehead atoms. The molecule has 1 aromatic rings. The Hall–Kier alpha value is -2.53. The first-order chi connectivity index (χ1) is 17.0. The van der Waals surface area contributed by atoms with Crippen molar-refractivity contribution in [3.8, 4) is 0 Å². The Labute approximate surface area is 212 Å². The molecule has 198 valence electrons. The highest BCUT2D eigenvalue weighted by Crippen LogP contribution is 2.52. The fraction of sp³-hybridized carbons (Fsp3) is 0.680. The van der Waals surface area contributed by atoms with Gasteiger partial charge >= 0.3 is 0 Å². The van der Waals surface area contributed by atoms with Gasteiger partial charge in [0.05, 0.1) is 4.92 Å². The number of nitro benzene ring substituents is 1. The lowest BCUT2D eigenvalue weighted by Crippen LogP contribution is -2.64. The Kier molecular flexibility index (Phi) is 7.43. The topological polar surface area (TPSA) is 162 Å². The summed E-state index contributed by atoms with van der Waals surface area (Å²) in [5.41, 5.74) is 3.38. The Balaban J connectivity index is 1.62. The molecule has 36 heavy (non-hydrogen) atoms. The monoisotopic (exact) mass is 520 g/mol. The summed E-state index contributed by atoms with van der Waals surface area (Å²) in [4.78, 5) is 36.5. The number of nitrogens with one attached hydrogen (secondary N) is 2. The van der Waals surface area contributed by atoms with Gasteiger partial charge in [0.2, 0.25) is 21.8 Å². The van der Waals surface area contributed by atoms with E-state index in [2.05, 4.69) is 10.0 Å². The van der Waals surface area contributed by atoms with E-state index in [9.17, 15) is 28.1 Å². The molecule has 0 heterocycles. The van der Waals surface area contributed by atoms with Gasteiger partial charge < -0.3 is 11.1 Å². The number of para-hydroxylation sites is 1. The number of hydrogen-bond acceptors (Lipinski definition) is 6. The minimum atomic E-state index is -4.35. The van der Waals surface area contributed by atoms with Gasteiger partial charge in [-0.2, -0.15) is 4.72 Å². The molecule has 4 atom stereocenters. The molecule has 3 aliphatic carbocycles. The molecule has 0 radical (unpaired) electrons. The summed E-state index contributed by atoms with van der Waals surface area (Å²) < 4.78 is 29.4. The molecule has 3 aliphatic rings. The number of primary amides is 1. The van der Waals surface area contributed by atoms with Crippen LogP contribution in [0, 0.1) is 27.4 Å². The van der Waals surface area contributed by atoms with Crippen LogP contribution in [-0.4, -0.2) is 36.7 Å². The van der Waals surface area contributed by atoms with Crippen LogP contribution in [0.2, 0.25) is 0 Å². The van der Waals surface area contributed by atoms with Crippen LogP contribution in [0.4, 0.5) is 5.69 Å². The maximum Gasteiger partial charge on any atom is 0.289 e. The molecule has 10 nitrogen and oxygen atoms in total. The standard InChI is InChI=1S/C25H36N4O6S/c1-2-17-15-24(22(26)30)12-8-9-18(16-24)21(17)27-23(31)25(13-6-3-7-14-25)28-36(34,35)20-11-5-4-10-19(20)29(32)33/h4-5,10-11,17-18,21,28H,2-3,6-9,12-16H2,1H3,(H2,26,30)(H,27,31). The van der Waals surface area contributed by atoms with Gasteiger partial charge in [0.1, 0.15) is 5.54 Å². The number of nitrogens with zero attached hydrogens (tertiary/aromatic N) is 1. The van der Waals surface area contributed by atoms with Crippen LogP contribution in [0.1, 0.15) is 77.6 Å². The quantitative estimate of drug-likeness (QED) is 0.352. The van der Waals surface area contributed by atoms with Gasteiger partial charge in [-0.3, -0.25) is 19.7 Å². The zero-order chi connectivity index (χ0) is 26.1. The number of nitrogens with two attached hydrogens (primary N) is 1. The normalized spacial score (nSPS) is 29.8. The number of sulfonamides is 1. The lowest BCUT2D eigenvalue weighted by Gasteiger charge is -2.51. The summed E-state index contributed by atoms with van der Waals surface area (Å²) in [6.45, 7) is 2.03. The third kappa shape index (κ3) is 4.87. The van der Waals surface area contributed by atoms with E-state index in [4.69, 9.17) is 5.73 Å². The summed E-state index contributed by atoms with van der Waals surface area (Å²) in [6, 6.07) is 4.99. The minimum Gasteiger partial charge on any atom is -0.369 e. The van der Waals surface area contributed by atoms with Crippen LogP contribution >= 0.6 is 0 Å². The molecule has 4 unspecified atom stereocenters. The Morgan fingerprint density at radius 2 is 1.81 bits per heavy atom. The molecule has 3 saturated carbocycles. The van der Waals surface area contributed by atoms with Crippen LogP contribution in [0.3, 0.4) is 0 Å². The van der Waals surface area contributed by atoms with Crippen LogP contribution in [0.15, 0.2) is 29.2 Å². The molecule has 1 aromatic carbocycles. The molecule has 11 heteroatoms. The third-order valence-electron chi connectivity index (χ3n) is 8.72. The van der Waals surface area contributed by atoms with Gasteiger partial charge in [-0.05, 0) is 56.4 Å². The van der Waals surface area contributed by atoms with Crippen LogP contribution < -0.4 is 15.8 Å². The van der Waals surface area contributed by atoms with Gasteiger partial charge in [0.25, 0.3) is 5.69 Å². The number of hydrogen-bond donors (Lipinski definition) is 3. The van der Waals surface area contributed by atoms with Crippen LogP contribution in [-0.2, 0) is 19.6 Å². The molecule has 2 amide bonds. The first-order valence-electron chi connectivity index (χ1n) is 12.9. The first kappa shape index (κ1) is 26.5. The van der Waals surface area contributed by atoms with Crippen molar-refractivity contribution in [1.29, 1.82) is 0 Å². The van der Waals surface area contributed by atoms with Crippen molar-refractivity contribution in [1.82, 2.24) is 10.0 Å². The van der Waals surface area contributed by atoms with Gasteiger partial charge in [0, 0.05) is 17.5 Å². The van der Waals surface area contributed by atoms with E-state index < -0.39 is 36.5 Å². The summed E-state index contributed by atoms with van der Waals surface area (Å²) in [6.07, 6.45) is 7.40. The zero-order valence-corrected chi connectivity index (χ0v) is 21.5. The van der Waals surface area contributed by atoms with E-state index >= 15 is 0 Å². The lowest BCUT2D eigenvalue weighted by atomic mass is 9.56. The lowest BCUT2D eigenvalue weighted by molar-refractivity contribution is -0.387. The number of rotatable bonds is 8. The molecule has 0 aromatic heterocycles. The molecule has 4 N–H and O–H groups in total. The average molecular weight is 521 g/mol. The highest BCUT2D eigenvalue weighted by Gasteiger charge is 2.53. The number of carbonyl (C=O) groups excluding carboxylic acids is 2. The van der Waals surface area contributed by atoms with Gasteiger partial charge in [-0.1, -0.05) is 51.2 Å². The van der Waals surface area contributed by atoms with Crippen molar-refractivity contribution in [3.05, 3.63) is 34.4 Å². The maximum absolute atomic E-state index is 13.9. The van der Waals surface area contributed by atoms with Crippen LogP contribution in [0.25, 0.3) is 0 Å². The fourth-order valence-corrected chi connectivity index (χ4v) is 8.44. The van der Waals surface area contributed by atoms with Crippen molar-refractivity contribution in [2.45, 2.75) is 94.0 Å². The molecular formula is C25H36N4O6S. The number of benzene rings is 1. The Bertz CT molecular complexity index is 1130. The summed E-state index contributed by atoms with van der Waals surface area (Å²) in [5.74, 6) is -0.490. The summed E-state index contributed by atoms with van der Waals surface area (Å²) >= 11 is 0. The predicted octanol–water partition coefficient (Wildman–Crippen LogP) is 3.15. The highest BCUT2D eigenvalue weighted by atomic mass is 32.2. The first-order valence-corrected chi connectivity index (χ1v) is 14.4. The van der Waals surface area contributed by atoms with Crippen molar-refractivity contribution in [2.24, 2.45) is 23.0 Å². The molecule has 4 rings (SSSR count). The highest BCUT2D eigenvalue weighted by molar-refractivity contribution is 7.89. The maximum atomic E-state index is 13.9. The largest absolute Gasteiger partial charge is 0.369 e. The van der Waals surface area contributed by atoms with Gasteiger partial charge in [0.15, 0.2) is 4.90 Å². The molecule has 0 spiro atoms. The number of fused-ring (bicyclic) bond motifs is 2. The van der Waals surface area contributed by atoms with Crippen molar-refractivity contribution in [3.63, 3.8) is 0 Å². The SMILES string of the molecule is CCC1CC2(C(N)=O)CCCC(C2)C1NC(=O)C1(NS(=O)(=O)c2ccccc2[N+](=O)[O-])CCCCC1. The average Bonchev–Trinajstić information content (AvgIpc) is 2.85. The van der Waals surface area contributed by atoms with E-state index in [-0.39, 0.29) is 29.7 Å². The smallest absolute Gasteiger partial charge is 0.289 e. The number of carbonyl (C=O) groups is 2. The van der Waals surface area contributed by atoms with Crippen molar-refractivity contribution in [2.75, 3.05) is 0 Å². The summed E-state index contributed by atoms with van der Waals surface area (Å²) in [7, 11) is -4.35. The fourth-order valence-electron chi connectivity index (χ4n) is 6.84. The van der Waals surface area contributed by atoms with Gasteiger partial charge in [-0.15, -0.1) is 0 Å².